The van der Waals surface area contributed by atoms with Crippen LogP contribution in [0.2, 0.25) is 0 Å². The third-order valence-corrected chi connectivity index (χ3v) is 4.58. The van der Waals surface area contributed by atoms with Crippen LogP contribution in [0.4, 0.5) is 4.39 Å². The van der Waals surface area contributed by atoms with E-state index >= 15 is 0 Å². The van der Waals surface area contributed by atoms with E-state index in [0.717, 1.165) is 38.5 Å². The predicted octanol–water partition coefficient (Wildman–Crippen LogP) is 2.68. The van der Waals surface area contributed by atoms with Crippen molar-refractivity contribution in [1.29, 1.82) is 0 Å². The van der Waals surface area contributed by atoms with Gasteiger partial charge in [-0.2, -0.15) is 0 Å². The molecule has 0 radical (unpaired) electrons. The lowest BCUT2D eigenvalue weighted by Gasteiger charge is -2.37. The van der Waals surface area contributed by atoms with Crippen LogP contribution in [0.3, 0.4) is 0 Å². The molecule has 128 valence electrons. The second-order valence-corrected chi connectivity index (χ2v) is 6.32. The van der Waals surface area contributed by atoms with Crippen molar-refractivity contribution < 1.29 is 14.3 Å². The maximum Gasteiger partial charge on any atom is 0.240 e. The monoisotopic (exact) mass is 322 g/mol. The van der Waals surface area contributed by atoms with Gasteiger partial charge in [0.05, 0.1) is 11.6 Å². The molecule has 1 aromatic rings. The van der Waals surface area contributed by atoms with Crippen LogP contribution in [0.1, 0.15) is 57.1 Å². The third kappa shape index (κ3) is 4.52. The average molecular weight is 322 g/mol. The van der Waals surface area contributed by atoms with Crippen LogP contribution >= 0.6 is 0 Å². The molecule has 1 amide bonds. The van der Waals surface area contributed by atoms with Gasteiger partial charge in [-0.25, -0.2) is 4.39 Å². The molecule has 0 spiro atoms. The Morgan fingerprint density at radius 3 is 2.65 bits per heavy atom. The van der Waals surface area contributed by atoms with Crippen LogP contribution in [0.15, 0.2) is 24.3 Å². The van der Waals surface area contributed by atoms with Crippen LogP contribution in [-0.2, 0) is 4.79 Å². The van der Waals surface area contributed by atoms with E-state index in [1.165, 1.54) is 6.07 Å². The number of aliphatic hydroxyl groups is 1. The number of rotatable bonds is 7. The van der Waals surface area contributed by atoms with E-state index < -0.39 is 17.5 Å². The number of nitrogens with one attached hydrogen (secondary N) is 2. The first-order chi connectivity index (χ1) is 11.1. The summed E-state index contributed by atoms with van der Waals surface area (Å²) in [5.74, 6) is -0.422. The van der Waals surface area contributed by atoms with Crippen molar-refractivity contribution in [2.45, 2.75) is 57.1 Å². The summed E-state index contributed by atoms with van der Waals surface area (Å²) in [7, 11) is 0. The van der Waals surface area contributed by atoms with Crippen molar-refractivity contribution in [3.05, 3.63) is 35.6 Å². The van der Waals surface area contributed by atoms with Crippen molar-refractivity contribution in [1.82, 2.24) is 10.6 Å². The summed E-state index contributed by atoms with van der Waals surface area (Å²) < 4.78 is 13.8. The van der Waals surface area contributed by atoms with E-state index in [1.807, 2.05) is 6.92 Å². The summed E-state index contributed by atoms with van der Waals surface area (Å²) in [6.07, 6.45) is 4.54. The maximum atomic E-state index is 13.8. The maximum absolute atomic E-state index is 13.8. The van der Waals surface area contributed by atoms with E-state index in [9.17, 15) is 14.3 Å². The molecule has 3 N–H and O–H groups in total. The number of amides is 1. The van der Waals surface area contributed by atoms with Crippen LogP contribution in [0, 0.1) is 5.82 Å². The molecular weight excluding hydrogens is 295 g/mol. The van der Waals surface area contributed by atoms with Crippen LogP contribution < -0.4 is 10.6 Å². The first kappa shape index (κ1) is 17.9. The average Bonchev–Trinajstić information content (AvgIpc) is 2.58. The quantitative estimate of drug-likeness (QED) is 0.723. The van der Waals surface area contributed by atoms with Crippen LogP contribution in [-0.4, -0.2) is 29.6 Å². The molecule has 0 aliphatic heterocycles. The van der Waals surface area contributed by atoms with Crippen molar-refractivity contribution in [2.75, 3.05) is 13.1 Å². The Bertz CT molecular complexity index is 515. The number of aliphatic hydroxyl groups excluding tert-OH is 1. The molecule has 5 heteroatoms. The number of carbonyl (C=O) groups excluding carboxylic acids is 1. The SMILES string of the molecule is CCCNC(=O)C1(NCC(O)c2ccccc2F)CCCCC1. The Kier molecular flexibility index (Phi) is 6.54. The zero-order valence-corrected chi connectivity index (χ0v) is 13.8. The van der Waals surface area contributed by atoms with Gasteiger partial charge in [-0.1, -0.05) is 44.4 Å². The lowest BCUT2D eigenvalue weighted by molar-refractivity contribution is -0.129. The molecule has 23 heavy (non-hydrogen) atoms. The van der Waals surface area contributed by atoms with Gasteiger partial charge in [-0.15, -0.1) is 0 Å². The smallest absolute Gasteiger partial charge is 0.240 e. The Morgan fingerprint density at radius 1 is 1.30 bits per heavy atom. The second-order valence-electron chi connectivity index (χ2n) is 6.32. The highest BCUT2D eigenvalue weighted by Crippen LogP contribution is 2.29. The number of carbonyl (C=O) groups is 1. The van der Waals surface area contributed by atoms with Gasteiger partial charge < -0.3 is 15.7 Å². The summed E-state index contributed by atoms with van der Waals surface area (Å²) in [4.78, 5) is 12.6. The van der Waals surface area contributed by atoms with Crippen molar-refractivity contribution in [3.8, 4) is 0 Å². The lowest BCUT2D eigenvalue weighted by Crippen LogP contribution is -2.58. The number of hydrogen-bond donors (Lipinski definition) is 3. The van der Waals surface area contributed by atoms with Gasteiger partial charge in [0.1, 0.15) is 5.82 Å². The van der Waals surface area contributed by atoms with Gasteiger partial charge in [0.25, 0.3) is 0 Å². The summed E-state index contributed by atoms with van der Waals surface area (Å²) in [5.41, 5.74) is -0.375. The Morgan fingerprint density at radius 2 is 2.00 bits per heavy atom. The minimum absolute atomic E-state index is 0.000200. The molecule has 1 aliphatic carbocycles. The van der Waals surface area contributed by atoms with E-state index in [0.29, 0.717) is 6.54 Å². The summed E-state index contributed by atoms with van der Waals surface area (Å²) in [6.45, 7) is 2.84. The van der Waals surface area contributed by atoms with Crippen LogP contribution in [0.5, 0.6) is 0 Å². The van der Waals surface area contributed by atoms with Gasteiger partial charge in [-0.3, -0.25) is 4.79 Å². The van der Waals surface area contributed by atoms with E-state index in [2.05, 4.69) is 10.6 Å². The Labute approximate surface area is 137 Å². The normalized spacial score (nSPS) is 18.4. The second kappa shape index (κ2) is 8.41. The molecule has 4 nitrogen and oxygen atoms in total. The summed E-state index contributed by atoms with van der Waals surface area (Å²) >= 11 is 0. The highest BCUT2D eigenvalue weighted by molar-refractivity contribution is 5.86. The van der Waals surface area contributed by atoms with Crippen molar-refractivity contribution >= 4 is 5.91 Å². The first-order valence-electron chi connectivity index (χ1n) is 8.55. The van der Waals surface area contributed by atoms with Gasteiger partial charge >= 0.3 is 0 Å². The molecule has 2 rings (SSSR count). The number of hydrogen-bond acceptors (Lipinski definition) is 3. The fourth-order valence-corrected chi connectivity index (χ4v) is 3.19. The number of β-amino-alcohol motifs (C(OH)–C–C–N with tert-alkyl or cyclic N) is 1. The molecule has 0 bridgehead atoms. The Balaban J connectivity index is 2.03. The molecule has 1 fully saturated rings. The van der Waals surface area contributed by atoms with Gasteiger partial charge in [0, 0.05) is 18.7 Å². The fraction of sp³-hybridized carbons (Fsp3) is 0.611. The van der Waals surface area contributed by atoms with E-state index in [1.54, 1.807) is 18.2 Å². The summed E-state index contributed by atoms with van der Waals surface area (Å²) in [6, 6.07) is 6.21. The molecule has 1 unspecified atom stereocenters. The minimum atomic E-state index is -0.964. The summed E-state index contributed by atoms with van der Waals surface area (Å²) in [5, 5.41) is 16.5. The zero-order chi connectivity index (χ0) is 16.7. The number of benzene rings is 1. The Hall–Kier alpha value is -1.46. The van der Waals surface area contributed by atoms with Gasteiger partial charge in [0.2, 0.25) is 5.91 Å². The standard InChI is InChI=1S/C18H27FN2O2/c1-2-12-20-17(23)18(10-6-3-7-11-18)21-13-16(22)14-8-4-5-9-15(14)19/h4-5,8-9,16,21-22H,2-3,6-7,10-13H2,1H3,(H,20,23). The number of halogens is 1. The fourth-order valence-electron chi connectivity index (χ4n) is 3.19. The molecule has 0 heterocycles. The molecule has 1 atom stereocenters. The third-order valence-electron chi connectivity index (χ3n) is 4.58. The van der Waals surface area contributed by atoms with Gasteiger partial charge in [-0.05, 0) is 25.3 Å². The van der Waals surface area contributed by atoms with E-state index in [4.69, 9.17) is 0 Å². The van der Waals surface area contributed by atoms with Crippen molar-refractivity contribution in [2.24, 2.45) is 0 Å². The van der Waals surface area contributed by atoms with Crippen molar-refractivity contribution in [3.63, 3.8) is 0 Å². The minimum Gasteiger partial charge on any atom is -0.387 e. The molecular formula is C18H27FN2O2. The van der Waals surface area contributed by atoms with Crippen LogP contribution in [0.25, 0.3) is 0 Å². The first-order valence-corrected chi connectivity index (χ1v) is 8.55. The largest absolute Gasteiger partial charge is 0.387 e. The lowest BCUT2D eigenvalue weighted by atomic mass is 9.80. The highest BCUT2D eigenvalue weighted by atomic mass is 19.1. The predicted molar refractivity (Wildman–Crippen MR) is 88.5 cm³/mol. The molecule has 1 aliphatic rings. The zero-order valence-electron chi connectivity index (χ0n) is 13.8. The highest BCUT2D eigenvalue weighted by Gasteiger charge is 2.39. The molecule has 1 aromatic carbocycles. The molecule has 1 saturated carbocycles. The van der Waals surface area contributed by atoms with E-state index in [-0.39, 0.29) is 18.0 Å². The molecule has 0 saturated heterocycles. The topological polar surface area (TPSA) is 61.4 Å². The molecule has 0 aromatic heterocycles. The van der Waals surface area contributed by atoms with Gasteiger partial charge in [0.15, 0.2) is 0 Å².